The molecule has 317 valence electrons. The molecule has 0 amide bonds. The van der Waals surface area contributed by atoms with Gasteiger partial charge >= 0.3 is 22.1 Å². The van der Waals surface area contributed by atoms with E-state index in [1.54, 1.807) is 24.3 Å². The van der Waals surface area contributed by atoms with Gasteiger partial charge in [-0.05, 0) is 71.9 Å². The Morgan fingerprint density at radius 1 is 0.397 bits per heavy atom. The highest BCUT2D eigenvalue weighted by molar-refractivity contribution is 7.94. The summed E-state index contributed by atoms with van der Waals surface area (Å²) in [4.78, 5) is 0. The van der Waals surface area contributed by atoms with Crippen LogP contribution in [0.25, 0.3) is 22.3 Å². The maximum absolute atomic E-state index is 7.63. The van der Waals surface area contributed by atoms with Crippen molar-refractivity contribution in [1.29, 1.82) is 0 Å². The molecular formula is C43H22Cl9N3O5P3. The zero-order valence-corrected chi connectivity index (χ0v) is 40.8. The minimum absolute atomic E-state index is 0.0466. The minimum atomic E-state index is -4.09. The summed E-state index contributed by atoms with van der Waals surface area (Å²) in [6, 6.07) is 38.8. The number of hydrogen-bond acceptors (Lipinski definition) is 8. The van der Waals surface area contributed by atoms with E-state index in [-0.39, 0.29) is 68.5 Å². The van der Waals surface area contributed by atoms with E-state index in [1.807, 2.05) is 72.8 Å². The molecule has 0 bridgehead atoms. The van der Waals surface area contributed by atoms with Crippen molar-refractivity contribution in [1.82, 2.24) is 0 Å². The van der Waals surface area contributed by atoms with Gasteiger partial charge in [0.25, 0.3) is 0 Å². The minimum Gasteiger partial charge on any atom is -0.430 e. The van der Waals surface area contributed by atoms with Crippen LogP contribution in [0, 0.1) is 5.92 Å². The zero-order chi connectivity index (χ0) is 43.8. The van der Waals surface area contributed by atoms with Crippen LogP contribution in [-0.4, -0.2) is 0 Å². The quantitative estimate of drug-likeness (QED) is 0.127. The van der Waals surface area contributed by atoms with Crippen molar-refractivity contribution in [3.8, 4) is 51.0 Å². The lowest BCUT2D eigenvalue weighted by atomic mass is 9.84. The van der Waals surface area contributed by atoms with Gasteiger partial charge < -0.3 is 22.6 Å². The first-order valence-corrected chi connectivity index (χ1v) is 26.9. The summed E-state index contributed by atoms with van der Waals surface area (Å²) >= 11 is 62.1. The number of para-hydroxylation sites is 4. The van der Waals surface area contributed by atoms with Crippen molar-refractivity contribution >= 4 is 126 Å². The molecule has 0 N–H and O–H groups in total. The first-order valence-electron chi connectivity index (χ1n) is 18.3. The summed E-state index contributed by atoms with van der Waals surface area (Å²) in [5.74, 6) is 2.05. The summed E-state index contributed by atoms with van der Waals surface area (Å²) < 4.78 is 49.0. The smallest absolute Gasteiger partial charge is 0.430 e. The van der Waals surface area contributed by atoms with Gasteiger partial charge in [-0.2, -0.15) is 0 Å². The van der Waals surface area contributed by atoms with Crippen molar-refractivity contribution < 1.29 is 22.6 Å². The van der Waals surface area contributed by atoms with E-state index >= 15 is 0 Å². The lowest BCUT2D eigenvalue weighted by molar-refractivity contribution is 0.467. The fraction of sp³-hybridized carbons (Fsp3) is 0. The zero-order valence-electron chi connectivity index (χ0n) is 31.3. The third kappa shape index (κ3) is 8.25. The molecule has 2 spiro atoms. The third-order valence-corrected chi connectivity index (χ3v) is 20.9. The molecule has 7 aromatic carbocycles. The number of benzene rings is 7. The first kappa shape index (κ1) is 43.7. The van der Waals surface area contributed by atoms with Crippen LogP contribution >= 0.6 is 126 Å². The maximum Gasteiger partial charge on any atom is 0.459 e. The van der Waals surface area contributed by atoms with Gasteiger partial charge in [0.1, 0.15) is 28.7 Å². The van der Waals surface area contributed by atoms with Crippen molar-refractivity contribution in [3.63, 3.8) is 0 Å². The Labute approximate surface area is 406 Å². The Kier molecular flexibility index (Phi) is 11.7. The van der Waals surface area contributed by atoms with Gasteiger partial charge in [0.2, 0.25) is 0 Å². The van der Waals surface area contributed by atoms with E-state index < -0.39 is 22.1 Å². The van der Waals surface area contributed by atoms with Crippen LogP contribution in [0.4, 0.5) is 0 Å². The molecule has 0 fully saturated rings. The Morgan fingerprint density at radius 3 is 1.05 bits per heavy atom. The predicted molar refractivity (Wildman–Crippen MR) is 261 cm³/mol. The maximum atomic E-state index is 7.63. The van der Waals surface area contributed by atoms with E-state index in [0.717, 1.165) is 22.3 Å². The van der Waals surface area contributed by atoms with Crippen LogP contribution in [0.5, 0.6) is 28.7 Å². The van der Waals surface area contributed by atoms with Crippen molar-refractivity contribution in [2.75, 3.05) is 0 Å². The fourth-order valence-electron chi connectivity index (χ4n) is 7.20. The highest BCUT2D eigenvalue weighted by Gasteiger charge is 2.49. The van der Waals surface area contributed by atoms with Gasteiger partial charge in [-0.3, -0.25) is 0 Å². The molecule has 3 heterocycles. The van der Waals surface area contributed by atoms with E-state index in [2.05, 4.69) is 0 Å². The Bertz CT molecular complexity index is 2940. The molecule has 10 rings (SSSR count). The second-order valence-electron chi connectivity index (χ2n) is 13.8. The lowest BCUT2D eigenvalue weighted by Gasteiger charge is -2.30. The molecule has 1 radical (unpaired) electrons. The van der Waals surface area contributed by atoms with Crippen LogP contribution in [-0.2, 0) is 0 Å². The molecule has 0 saturated heterocycles. The second-order valence-corrected chi connectivity index (χ2v) is 24.4. The monoisotopic (exact) mass is 1070 g/mol. The highest BCUT2D eigenvalue weighted by atomic mass is 35.7. The molecule has 0 aliphatic carbocycles. The predicted octanol–water partition coefficient (Wildman–Crippen LogP) is 19.7. The van der Waals surface area contributed by atoms with Crippen molar-refractivity contribution in [3.05, 3.63) is 196 Å². The van der Waals surface area contributed by atoms with E-state index in [9.17, 15) is 0 Å². The molecule has 7 aromatic rings. The molecule has 3 aliphatic rings. The van der Waals surface area contributed by atoms with Crippen LogP contribution in [0.15, 0.2) is 147 Å². The summed E-state index contributed by atoms with van der Waals surface area (Å²) in [7, 11) is -7.98. The Morgan fingerprint density at radius 2 is 0.698 bits per heavy atom. The number of nitrogens with zero attached hydrogens (tertiary/aromatic N) is 3. The van der Waals surface area contributed by atoms with E-state index in [1.165, 1.54) is 36.4 Å². The molecule has 1 atom stereocenters. The molecule has 0 saturated carbocycles. The summed E-state index contributed by atoms with van der Waals surface area (Å²) in [6.07, 6.45) is 0. The molecule has 20 heteroatoms. The van der Waals surface area contributed by atoms with Crippen molar-refractivity contribution in [2.24, 2.45) is 13.5 Å². The van der Waals surface area contributed by atoms with Crippen LogP contribution in [0.3, 0.4) is 0 Å². The Hall–Kier alpha value is -3.16. The number of rotatable bonds is 5. The summed E-state index contributed by atoms with van der Waals surface area (Å²) in [6.45, 7) is -4.09. The van der Waals surface area contributed by atoms with Crippen LogP contribution < -0.4 is 22.6 Å². The van der Waals surface area contributed by atoms with Gasteiger partial charge in [-0.1, -0.05) is 170 Å². The van der Waals surface area contributed by atoms with Gasteiger partial charge in [0.05, 0.1) is 16.0 Å². The number of halogens is 9. The largest absolute Gasteiger partial charge is 0.459 e. The van der Waals surface area contributed by atoms with Crippen LogP contribution in [0.2, 0.25) is 40.2 Å². The second kappa shape index (κ2) is 16.9. The molecular weight excluding hydrogens is 1050 g/mol. The van der Waals surface area contributed by atoms with E-state index in [4.69, 9.17) is 140 Å². The van der Waals surface area contributed by atoms with Gasteiger partial charge in [0.15, 0.2) is 0 Å². The molecule has 0 aromatic heterocycles. The average molecular weight is 1070 g/mol. The Balaban J connectivity index is 1.18. The molecule has 63 heavy (non-hydrogen) atoms. The third-order valence-electron chi connectivity index (χ3n) is 9.67. The molecule has 8 nitrogen and oxygen atoms in total. The van der Waals surface area contributed by atoms with E-state index in [0.29, 0.717) is 23.0 Å². The first-order chi connectivity index (χ1) is 30.2. The topological polar surface area (TPSA) is 83.2 Å². The molecule has 1 unspecified atom stereocenters. The van der Waals surface area contributed by atoms with Gasteiger partial charge in [-0.15, -0.1) is 9.03 Å². The van der Waals surface area contributed by atoms with Crippen molar-refractivity contribution in [2.45, 2.75) is 0 Å². The summed E-state index contributed by atoms with van der Waals surface area (Å²) in [5, 5.41) is 1.31. The lowest BCUT2D eigenvalue weighted by Crippen LogP contribution is -2.10. The summed E-state index contributed by atoms with van der Waals surface area (Å²) in [5.41, 5.74) is 3.78. The fourth-order valence-corrected chi connectivity index (χ4v) is 20.0. The number of hydrogen-bond donors (Lipinski definition) is 0. The van der Waals surface area contributed by atoms with Gasteiger partial charge in [-0.25, -0.2) is 0 Å². The highest BCUT2D eigenvalue weighted by Crippen LogP contribution is 2.81. The normalized spacial score (nSPS) is 17.4. The van der Waals surface area contributed by atoms with Gasteiger partial charge in [0, 0.05) is 69.1 Å². The molecule has 3 aliphatic heterocycles. The van der Waals surface area contributed by atoms with Crippen LogP contribution in [0.1, 0.15) is 16.7 Å². The average Bonchev–Trinajstić information content (AvgIpc) is 3.42. The standard InChI is InChI=1S/C43H22Cl9N3O5P3/c44-23-17-30(46)40(31(47)18-23)43(41-32(48)19-24(45)20-33(41)49)42-34(50)21-25(22-35(42)51)56-61(52)53-62(57-36-13-5-1-9-26(36)27-10-2-6-14-37(27)58-62)55-63(54-61)59-38-15-7-3-11-28(38)29-12-4-8-16-39(29)60-63/h1-22H. The number of fused-ring (bicyclic) bond motifs is 6. The SMILES string of the molecule is Clc1cc(Cl)c([C](c2c(Cl)cc(Cl)cc2Cl)c2c(Cl)cc(OP3(Cl)=NP4(=NP5(=N3)Oc3ccccc3-c3ccccc3O5)Oc3ccccc3-c3ccccc3O4)cc2Cl)c(Cl)c1.